The van der Waals surface area contributed by atoms with Crippen LogP contribution in [0.3, 0.4) is 0 Å². The number of nitrogens with zero attached hydrogens (tertiary/aromatic N) is 2. The van der Waals surface area contributed by atoms with E-state index in [4.69, 9.17) is 0 Å². The van der Waals surface area contributed by atoms with Gasteiger partial charge in [0.2, 0.25) is 5.91 Å². The number of para-hydroxylation sites is 1. The Morgan fingerprint density at radius 3 is 2.41 bits per heavy atom. The molecule has 8 heteroatoms. The van der Waals surface area contributed by atoms with Gasteiger partial charge in [-0.3, -0.25) is 9.59 Å². The quantitative estimate of drug-likeness (QED) is 0.798. The van der Waals surface area contributed by atoms with Crippen LogP contribution >= 0.6 is 0 Å². The zero-order valence-electron chi connectivity index (χ0n) is 16.2. The number of carbonyl (C=O) groups is 2. The lowest BCUT2D eigenvalue weighted by molar-refractivity contribution is -0.132. The number of Topliss-reactive ketones (excluding diaryl/α,β-unsaturated/α-hetero) is 1. The molecule has 0 radical (unpaired) electrons. The molecular weight excluding hydrogens is 366 g/mol. The molecule has 2 heterocycles. The minimum absolute atomic E-state index is 0.0399. The van der Waals surface area contributed by atoms with Crippen molar-refractivity contribution in [3.8, 4) is 0 Å². The number of sulfonamides is 1. The standard InChI is InChI=1S/C19H25N3O4S/c1-11(2)10-22-16(19(3,4)5)15(23)14(18(22)24)17-20-12-8-6-7-9-13(12)27(25,26)21-17/h6-9,11,14,16H,10H2,1-5H3,(H,20,21)/t14?,16-/m1/s1. The van der Waals surface area contributed by atoms with E-state index in [2.05, 4.69) is 9.71 Å². The van der Waals surface area contributed by atoms with Crippen LogP contribution in [0.5, 0.6) is 0 Å². The first-order valence-corrected chi connectivity index (χ1v) is 10.4. The van der Waals surface area contributed by atoms with Crippen LogP contribution in [0.2, 0.25) is 0 Å². The maximum atomic E-state index is 13.2. The lowest BCUT2D eigenvalue weighted by Gasteiger charge is -2.34. The minimum Gasteiger partial charge on any atom is -0.341 e. The van der Waals surface area contributed by atoms with Crippen molar-refractivity contribution in [1.82, 2.24) is 4.90 Å². The molecule has 0 aliphatic carbocycles. The van der Waals surface area contributed by atoms with E-state index in [-0.39, 0.29) is 22.4 Å². The predicted molar refractivity (Wildman–Crippen MR) is 103 cm³/mol. The van der Waals surface area contributed by atoms with Crippen molar-refractivity contribution in [1.29, 1.82) is 0 Å². The summed E-state index contributed by atoms with van der Waals surface area (Å²) in [6.45, 7) is 10.1. The Labute approximate surface area is 159 Å². The molecule has 27 heavy (non-hydrogen) atoms. The fourth-order valence-corrected chi connectivity index (χ4v) is 4.88. The molecule has 2 aliphatic heterocycles. The number of ketones is 1. The van der Waals surface area contributed by atoms with Gasteiger partial charge in [0.25, 0.3) is 10.0 Å². The van der Waals surface area contributed by atoms with E-state index in [1.165, 1.54) is 6.07 Å². The molecule has 0 aromatic heterocycles. The molecule has 2 atom stereocenters. The number of carbonyl (C=O) groups excluding carboxylic acids is 2. The zero-order valence-corrected chi connectivity index (χ0v) is 17.0. The van der Waals surface area contributed by atoms with E-state index in [9.17, 15) is 18.0 Å². The number of benzene rings is 1. The molecule has 3 rings (SSSR count). The molecule has 1 fully saturated rings. The van der Waals surface area contributed by atoms with Crippen LogP contribution in [0.15, 0.2) is 33.6 Å². The van der Waals surface area contributed by atoms with Gasteiger partial charge in [-0.15, -0.1) is 4.40 Å². The number of anilines is 1. The van der Waals surface area contributed by atoms with Gasteiger partial charge in [-0.1, -0.05) is 46.8 Å². The average molecular weight is 391 g/mol. The number of nitrogens with one attached hydrogen (secondary N) is 1. The van der Waals surface area contributed by atoms with Crippen LogP contribution in [0.25, 0.3) is 0 Å². The van der Waals surface area contributed by atoms with Gasteiger partial charge in [0.1, 0.15) is 10.7 Å². The summed E-state index contributed by atoms with van der Waals surface area (Å²) in [7, 11) is -3.97. The summed E-state index contributed by atoms with van der Waals surface area (Å²) in [5.74, 6) is -1.86. The Bertz CT molecular complexity index is 929. The van der Waals surface area contributed by atoms with Gasteiger partial charge in [-0.05, 0) is 23.5 Å². The smallest absolute Gasteiger partial charge is 0.286 e. The second-order valence-electron chi connectivity index (χ2n) is 8.56. The molecule has 2 aliphatic rings. The highest BCUT2D eigenvalue weighted by molar-refractivity contribution is 7.90. The van der Waals surface area contributed by atoms with Gasteiger partial charge in [0, 0.05) is 6.54 Å². The summed E-state index contributed by atoms with van der Waals surface area (Å²) in [6, 6.07) is 5.70. The maximum Gasteiger partial charge on any atom is 0.286 e. The Kier molecular flexibility index (Phi) is 4.66. The van der Waals surface area contributed by atoms with Crippen LogP contribution < -0.4 is 5.32 Å². The first kappa shape index (κ1) is 19.5. The lowest BCUT2D eigenvalue weighted by Crippen LogP contribution is -2.46. The van der Waals surface area contributed by atoms with Gasteiger partial charge >= 0.3 is 0 Å². The maximum absolute atomic E-state index is 13.2. The highest BCUT2D eigenvalue weighted by atomic mass is 32.2. The number of hydrogen-bond acceptors (Lipinski definition) is 5. The molecule has 0 bridgehead atoms. The SMILES string of the molecule is CC(C)CN1C(=O)C(C2=NS(=O)(=O)c3ccccc3N2)C(=O)[C@@H]1C(C)(C)C. The van der Waals surface area contributed by atoms with Crippen molar-refractivity contribution in [2.24, 2.45) is 21.6 Å². The molecule has 1 N–H and O–H groups in total. The normalized spacial score (nSPS) is 24.7. The number of amides is 1. The second kappa shape index (κ2) is 6.44. The number of rotatable bonds is 3. The number of hydrogen-bond donors (Lipinski definition) is 1. The fourth-order valence-electron chi connectivity index (χ4n) is 3.72. The van der Waals surface area contributed by atoms with Gasteiger partial charge < -0.3 is 10.2 Å². The summed E-state index contributed by atoms with van der Waals surface area (Å²) in [4.78, 5) is 27.9. The highest BCUT2D eigenvalue weighted by Gasteiger charge is 2.54. The molecule has 1 aromatic rings. The molecular formula is C19H25N3O4S. The van der Waals surface area contributed by atoms with Crippen molar-refractivity contribution in [2.75, 3.05) is 11.9 Å². The summed E-state index contributed by atoms with van der Waals surface area (Å²) >= 11 is 0. The molecule has 7 nitrogen and oxygen atoms in total. The summed E-state index contributed by atoms with van der Waals surface area (Å²) in [5, 5.41) is 2.90. The molecule has 1 unspecified atom stereocenters. The second-order valence-corrected chi connectivity index (χ2v) is 10.1. The first-order chi connectivity index (χ1) is 12.4. The summed E-state index contributed by atoms with van der Waals surface area (Å²) < 4.78 is 28.8. The summed E-state index contributed by atoms with van der Waals surface area (Å²) in [6.07, 6.45) is 0. The zero-order chi connectivity index (χ0) is 20.1. The Morgan fingerprint density at radius 2 is 1.81 bits per heavy atom. The van der Waals surface area contributed by atoms with E-state index in [1.54, 1.807) is 23.1 Å². The van der Waals surface area contributed by atoms with Crippen LogP contribution in [-0.4, -0.2) is 43.4 Å². The van der Waals surface area contributed by atoms with E-state index in [0.29, 0.717) is 12.2 Å². The van der Waals surface area contributed by atoms with Crippen molar-refractivity contribution < 1.29 is 18.0 Å². The molecule has 146 valence electrons. The highest BCUT2D eigenvalue weighted by Crippen LogP contribution is 2.37. The van der Waals surface area contributed by atoms with Crippen LogP contribution in [0.1, 0.15) is 34.6 Å². The predicted octanol–water partition coefficient (Wildman–Crippen LogP) is 2.30. The molecule has 0 spiro atoms. The van der Waals surface area contributed by atoms with Gasteiger partial charge in [0.15, 0.2) is 11.7 Å². The van der Waals surface area contributed by atoms with Gasteiger partial charge in [-0.2, -0.15) is 8.42 Å². The van der Waals surface area contributed by atoms with Gasteiger partial charge in [0.05, 0.1) is 11.7 Å². The van der Waals surface area contributed by atoms with Crippen molar-refractivity contribution >= 4 is 33.2 Å². The van der Waals surface area contributed by atoms with Gasteiger partial charge in [-0.25, -0.2) is 0 Å². The van der Waals surface area contributed by atoms with Crippen molar-refractivity contribution in [3.63, 3.8) is 0 Å². The Balaban J connectivity index is 2.06. The van der Waals surface area contributed by atoms with E-state index < -0.39 is 33.3 Å². The minimum atomic E-state index is -3.97. The average Bonchev–Trinajstić information content (AvgIpc) is 2.76. The molecule has 0 saturated carbocycles. The first-order valence-electron chi connectivity index (χ1n) is 8.98. The molecule has 1 amide bonds. The Morgan fingerprint density at radius 1 is 1.19 bits per heavy atom. The summed E-state index contributed by atoms with van der Waals surface area (Å²) in [5.41, 5.74) is -0.139. The topological polar surface area (TPSA) is 95.9 Å². The Hall–Kier alpha value is -2.22. The van der Waals surface area contributed by atoms with Crippen LogP contribution in [-0.2, 0) is 19.6 Å². The fraction of sp³-hybridized carbons (Fsp3) is 0.526. The third kappa shape index (κ3) is 3.38. The van der Waals surface area contributed by atoms with Crippen molar-refractivity contribution in [3.05, 3.63) is 24.3 Å². The monoisotopic (exact) mass is 391 g/mol. The molecule has 1 aromatic carbocycles. The number of amidine groups is 1. The van der Waals surface area contributed by atoms with E-state index >= 15 is 0 Å². The van der Waals surface area contributed by atoms with E-state index in [0.717, 1.165) is 0 Å². The van der Waals surface area contributed by atoms with Crippen LogP contribution in [0.4, 0.5) is 5.69 Å². The molecule has 1 saturated heterocycles. The largest absolute Gasteiger partial charge is 0.341 e. The number of likely N-dealkylation sites (tertiary alicyclic amines) is 1. The third-order valence-corrected chi connectivity index (χ3v) is 6.05. The lowest BCUT2D eigenvalue weighted by atomic mass is 9.82. The van der Waals surface area contributed by atoms with E-state index in [1.807, 2.05) is 34.6 Å². The number of fused-ring (bicyclic) bond motifs is 1. The third-order valence-electron chi connectivity index (χ3n) is 4.70. The van der Waals surface area contributed by atoms with Crippen molar-refractivity contribution in [2.45, 2.75) is 45.6 Å². The van der Waals surface area contributed by atoms with Crippen LogP contribution in [0, 0.1) is 17.3 Å².